The third-order valence-corrected chi connectivity index (χ3v) is 5.47. The molecule has 1 atom stereocenters. The number of nitrogens with zero attached hydrogens (tertiary/aromatic N) is 4. The quantitative estimate of drug-likeness (QED) is 0.856. The molecule has 2 aliphatic heterocycles. The molecule has 1 fully saturated rings. The Hall–Kier alpha value is -2.77. The van der Waals surface area contributed by atoms with Crippen molar-refractivity contribution in [3.05, 3.63) is 35.7 Å². The van der Waals surface area contributed by atoms with E-state index in [2.05, 4.69) is 34.8 Å². The predicted octanol–water partition coefficient (Wildman–Crippen LogP) is 2.72. The number of piperidine rings is 1. The number of amides is 2. The minimum atomic E-state index is 0.0255. The maximum atomic E-state index is 11.9. The second kappa shape index (κ2) is 8.08. The minimum absolute atomic E-state index is 0.0255. The van der Waals surface area contributed by atoms with Gasteiger partial charge in [0.05, 0.1) is 11.7 Å². The van der Waals surface area contributed by atoms with Gasteiger partial charge in [-0.15, -0.1) is 5.10 Å². The molecule has 1 N–H and O–H groups in total. The zero-order valence-corrected chi connectivity index (χ0v) is 16.4. The molecule has 1 aromatic carbocycles. The van der Waals surface area contributed by atoms with Crippen LogP contribution in [0.1, 0.15) is 49.9 Å². The lowest BCUT2D eigenvalue weighted by atomic mass is 9.98. The summed E-state index contributed by atoms with van der Waals surface area (Å²) in [5.41, 5.74) is 2.19. The van der Waals surface area contributed by atoms with Gasteiger partial charge in [0.15, 0.2) is 11.5 Å². The van der Waals surface area contributed by atoms with Crippen LogP contribution in [-0.4, -0.2) is 52.4 Å². The first-order valence-corrected chi connectivity index (χ1v) is 9.97. The van der Waals surface area contributed by atoms with Gasteiger partial charge in [0.2, 0.25) is 6.79 Å². The number of urea groups is 1. The van der Waals surface area contributed by atoms with Gasteiger partial charge in [0, 0.05) is 31.7 Å². The average molecular weight is 385 g/mol. The number of hydrogen-bond donors (Lipinski definition) is 1. The smallest absolute Gasteiger partial charge is 0.317 e. The molecule has 0 spiro atoms. The van der Waals surface area contributed by atoms with Crippen molar-refractivity contribution in [2.75, 3.05) is 26.4 Å². The van der Waals surface area contributed by atoms with E-state index in [9.17, 15) is 4.79 Å². The Morgan fingerprint density at radius 3 is 2.86 bits per heavy atom. The summed E-state index contributed by atoms with van der Waals surface area (Å²) in [5, 5.41) is 11.6. The van der Waals surface area contributed by atoms with Crippen molar-refractivity contribution in [1.29, 1.82) is 0 Å². The molecule has 28 heavy (non-hydrogen) atoms. The van der Waals surface area contributed by atoms with Gasteiger partial charge >= 0.3 is 6.03 Å². The number of hydrogen-bond acceptors (Lipinski definition) is 5. The molecule has 4 rings (SSSR count). The lowest BCUT2D eigenvalue weighted by molar-refractivity contribution is 0.168. The second-order valence-corrected chi connectivity index (χ2v) is 7.47. The van der Waals surface area contributed by atoms with Gasteiger partial charge in [0.25, 0.3) is 0 Å². The molecule has 2 amide bonds. The van der Waals surface area contributed by atoms with E-state index in [0.717, 1.165) is 49.5 Å². The van der Waals surface area contributed by atoms with E-state index in [1.807, 2.05) is 28.6 Å². The molecule has 150 valence electrons. The van der Waals surface area contributed by atoms with Crippen LogP contribution in [0, 0.1) is 0 Å². The standard InChI is InChI=1S/C20H27N5O3/c1-3-21-20(26)24-8-6-16(7-9-24)25-12-17(22-23-25)14(2)10-15-4-5-18-19(11-15)28-13-27-18/h4-5,11-12,14,16H,3,6-10,13H2,1-2H3,(H,21,26)/t14-/m0/s1. The van der Waals surface area contributed by atoms with Crippen LogP contribution in [0.5, 0.6) is 11.5 Å². The molecule has 0 saturated carbocycles. The molecule has 0 radical (unpaired) electrons. The zero-order chi connectivity index (χ0) is 19.5. The molecule has 3 heterocycles. The third-order valence-electron chi connectivity index (χ3n) is 5.47. The van der Waals surface area contributed by atoms with Gasteiger partial charge in [-0.25, -0.2) is 9.48 Å². The SMILES string of the molecule is CCNC(=O)N1CCC(n2cc([C@@H](C)Cc3ccc4c(c3)OCO4)nn2)CC1. The van der Waals surface area contributed by atoms with Gasteiger partial charge in [-0.05, 0) is 43.9 Å². The third kappa shape index (κ3) is 3.90. The van der Waals surface area contributed by atoms with Gasteiger partial charge in [-0.1, -0.05) is 18.2 Å². The van der Waals surface area contributed by atoms with Gasteiger partial charge in [-0.3, -0.25) is 0 Å². The van der Waals surface area contributed by atoms with Gasteiger partial charge < -0.3 is 19.7 Å². The Morgan fingerprint density at radius 1 is 1.29 bits per heavy atom. The van der Waals surface area contributed by atoms with Crippen molar-refractivity contribution in [1.82, 2.24) is 25.2 Å². The molecule has 2 aromatic rings. The highest BCUT2D eigenvalue weighted by atomic mass is 16.7. The fourth-order valence-corrected chi connectivity index (χ4v) is 3.82. The predicted molar refractivity (Wildman–Crippen MR) is 104 cm³/mol. The number of benzene rings is 1. The van der Waals surface area contributed by atoms with E-state index >= 15 is 0 Å². The van der Waals surface area contributed by atoms with Crippen LogP contribution in [0.4, 0.5) is 4.79 Å². The molecule has 2 aliphatic rings. The van der Waals surface area contributed by atoms with Crippen molar-refractivity contribution < 1.29 is 14.3 Å². The fraction of sp³-hybridized carbons (Fsp3) is 0.550. The molecule has 8 heteroatoms. The first kappa shape index (κ1) is 18.6. The molecule has 1 aromatic heterocycles. The van der Waals surface area contributed by atoms with Crippen LogP contribution in [0.2, 0.25) is 0 Å². The van der Waals surface area contributed by atoms with E-state index in [0.29, 0.717) is 19.4 Å². The molecular formula is C20H27N5O3. The van der Waals surface area contributed by atoms with E-state index in [-0.39, 0.29) is 11.9 Å². The number of rotatable bonds is 5. The maximum absolute atomic E-state index is 11.9. The highest BCUT2D eigenvalue weighted by Crippen LogP contribution is 2.34. The molecule has 0 unspecified atom stereocenters. The molecule has 0 aliphatic carbocycles. The zero-order valence-electron chi connectivity index (χ0n) is 16.4. The lowest BCUT2D eigenvalue weighted by Gasteiger charge is -2.31. The van der Waals surface area contributed by atoms with Crippen LogP contribution in [-0.2, 0) is 6.42 Å². The summed E-state index contributed by atoms with van der Waals surface area (Å²) in [6, 6.07) is 6.40. The van der Waals surface area contributed by atoms with Crippen LogP contribution >= 0.6 is 0 Å². The summed E-state index contributed by atoms with van der Waals surface area (Å²) in [5.74, 6) is 1.87. The second-order valence-electron chi connectivity index (χ2n) is 7.47. The Labute approximate surface area is 164 Å². The summed E-state index contributed by atoms with van der Waals surface area (Å²) < 4.78 is 12.8. The Balaban J connectivity index is 1.34. The van der Waals surface area contributed by atoms with Crippen molar-refractivity contribution in [3.8, 4) is 11.5 Å². The number of aromatic nitrogens is 3. The number of carbonyl (C=O) groups is 1. The Bertz CT molecular complexity index is 829. The lowest BCUT2D eigenvalue weighted by Crippen LogP contribution is -2.44. The number of carbonyl (C=O) groups excluding carboxylic acids is 1. The van der Waals surface area contributed by atoms with Crippen LogP contribution in [0.15, 0.2) is 24.4 Å². The van der Waals surface area contributed by atoms with E-state index < -0.39 is 0 Å². The summed E-state index contributed by atoms with van der Waals surface area (Å²) in [4.78, 5) is 13.8. The fourth-order valence-electron chi connectivity index (χ4n) is 3.82. The van der Waals surface area contributed by atoms with Crippen molar-refractivity contribution in [2.24, 2.45) is 0 Å². The van der Waals surface area contributed by atoms with Gasteiger partial charge in [-0.2, -0.15) is 0 Å². The topological polar surface area (TPSA) is 81.5 Å². The Kier molecular flexibility index (Phi) is 5.36. The van der Waals surface area contributed by atoms with E-state index in [1.165, 1.54) is 5.56 Å². The maximum Gasteiger partial charge on any atom is 0.317 e. The largest absolute Gasteiger partial charge is 0.454 e. The highest BCUT2D eigenvalue weighted by molar-refractivity contribution is 5.74. The van der Waals surface area contributed by atoms with Crippen molar-refractivity contribution >= 4 is 6.03 Å². The van der Waals surface area contributed by atoms with Crippen LogP contribution in [0.3, 0.4) is 0 Å². The number of ether oxygens (including phenoxy) is 2. The monoisotopic (exact) mass is 385 g/mol. The van der Waals surface area contributed by atoms with Gasteiger partial charge in [0.1, 0.15) is 0 Å². The molecular weight excluding hydrogens is 358 g/mol. The molecule has 0 bridgehead atoms. The van der Waals surface area contributed by atoms with Crippen LogP contribution in [0.25, 0.3) is 0 Å². The van der Waals surface area contributed by atoms with Crippen molar-refractivity contribution in [2.45, 2.75) is 45.1 Å². The number of nitrogens with one attached hydrogen (secondary N) is 1. The average Bonchev–Trinajstić information content (AvgIpc) is 3.37. The first-order valence-electron chi connectivity index (χ1n) is 9.97. The van der Waals surface area contributed by atoms with Crippen molar-refractivity contribution in [3.63, 3.8) is 0 Å². The summed E-state index contributed by atoms with van der Waals surface area (Å²) >= 11 is 0. The first-order chi connectivity index (χ1) is 13.6. The van der Waals surface area contributed by atoms with Crippen LogP contribution < -0.4 is 14.8 Å². The molecule has 1 saturated heterocycles. The molecule has 8 nitrogen and oxygen atoms in total. The Morgan fingerprint density at radius 2 is 2.07 bits per heavy atom. The normalized spacial score (nSPS) is 17.6. The minimum Gasteiger partial charge on any atom is -0.454 e. The van der Waals surface area contributed by atoms with E-state index in [1.54, 1.807) is 0 Å². The highest BCUT2D eigenvalue weighted by Gasteiger charge is 2.25. The summed E-state index contributed by atoms with van der Waals surface area (Å²) in [7, 11) is 0. The number of likely N-dealkylation sites (tertiary alicyclic amines) is 1. The summed E-state index contributed by atoms with van der Waals surface area (Å²) in [6.45, 7) is 6.55. The number of fused-ring (bicyclic) bond motifs is 1. The van der Waals surface area contributed by atoms with E-state index in [4.69, 9.17) is 9.47 Å². The summed E-state index contributed by atoms with van der Waals surface area (Å²) in [6.07, 6.45) is 4.72.